The van der Waals surface area contributed by atoms with Gasteiger partial charge in [0.1, 0.15) is 5.83 Å². The zero-order chi connectivity index (χ0) is 25.7. The van der Waals surface area contributed by atoms with Gasteiger partial charge < -0.3 is 19.9 Å². The Labute approximate surface area is 217 Å². The molecule has 1 aromatic rings. The van der Waals surface area contributed by atoms with Crippen LogP contribution in [-0.2, 0) is 19.1 Å². The Hall–Kier alpha value is -2.60. The fraction of sp³-hybridized carbons (Fsp3) is 0.500. The lowest BCUT2D eigenvalue weighted by Crippen LogP contribution is -2.48. The maximum Gasteiger partial charge on any atom is 0.337 e. The molecule has 12 heteroatoms. The molecule has 1 aromatic heterocycles. The number of carboxylic acids is 1. The van der Waals surface area contributed by atoms with E-state index in [0.717, 1.165) is 0 Å². The first-order chi connectivity index (χ1) is 17.4. The van der Waals surface area contributed by atoms with Crippen molar-refractivity contribution < 1.29 is 28.6 Å². The Kier molecular flexibility index (Phi) is 8.89. The summed E-state index contributed by atoms with van der Waals surface area (Å²) in [7, 11) is 1.32. The third kappa shape index (κ3) is 6.20. The number of allylic oxidation sites excluding steroid dienone is 3. The lowest BCUT2D eigenvalue weighted by molar-refractivity contribution is -0.138. The average molecular weight is 539 g/mol. The van der Waals surface area contributed by atoms with Gasteiger partial charge in [0, 0.05) is 61.0 Å². The first kappa shape index (κ1) is 26.5. The molecule has 194 valence electrons. The van der Waals surface area contributed by atoms with Crippen molar-refractivity contribution in [3.8, 4) is 0 Å². The number of thiazole rings is 1. The number of aliphatic imine (C=N–C) groups is 1. The van der Waals surface area contributed by atoms with Crippen LogP contribution in [0.3, 0.4) is 0 Å². The van der Waals surface area contributed by atoms with Gasteiger partial charge in [-0.1, -0.05) is 6.08 Å². The number of amidine groups is 1. The molecule has 3 aliphatic rings. The summed E-state index contributed by atoms with van der Waals surface area (Å²) < 4.78 is 24.9. The van der Waals surface area contributed by atoms with E-state index in [1.54, 1.807) is 12.3 Å². The van der Waals surface area contributed by atoms with Crippen molar-refractivity contribution in [2.24, 2.45) is 16.8 Å². The van der Waals surface area contributed by atoms with E-state index in [9.17, 15) is 14.0 Å². The molecule has 36 heavy (non-hydrogen) atoms. The van der Waals surface area contributed by atoms with Gasteiger partial charge in [-0.2, -0.15) is 0 Å². The van der Waals surface area contributed by atoms with Crippen molar-refractivity contribution in [2.45, 2.75) is 25.0 Å². The van der Waals surface area contributed by atoms with Gasteiger partial charge in [-0.3, -0.25) is 14.7 Å². The largest absolute Gasteiger partial charge is 0.481 e. The Morgan fingerprint density at radius 1 is 1.44 bits per heavy atom. The average Bonchev–Trinajstić information content (AvgIpc) is 3.42. The monoisotopic (exact) mass is 538 g/mol. The Morgan fingerprint density at radius 3 is 2.97 bits per heavy atom. The Morgan fingerprint density at radius 2 is 2.28 bits per heavy atom. The summed E-state index contributed by atoms with van der Waals surface area (Å²) in [4.78, 5) is 35.4. The van der Waals surface area contributed by atoms with Crippen molar-refractivity contribution in [1.29, 1.82) is 0 Å². The molecule has 0 radical (unpaired) electrons. The third-order valence-electron chi connectivity index (χ3n) is 6.37. The zero-order valence-corrected chi connectivity index (χ0v) is 21.3. The van der Waals surface area contributed by atoms with Crippen molar-refractivity contribution in [3.05, 3.63) is 51.9 Å². The van der Waals surface area contributed by atoms with Crippen LogP contribution in [0, 0.1) is 11.8 Å². The second kappa shape index (κ2) is 12.1. The summed E-state index contributed by atoms with van der Waals surface area (Å²) in [6.45, 7) is 1.94. The van der Waals surface area contributed by atoms with Crippen molar-refractivity contribution >= 4 is 40.7 Å². The van der Waals surface area contributed by atoms with Gasteiger partial charge in [-0.15, -0.1) is 22.9 Å². The molecule has 1 saturated heterocycles. The smallest absolute Gasteiger partial charge is 0.337 e. The van der Waals surface area contributed by atoms with E-state index in [2.05, 4.69) is 15.2 Å². The maximum absolute atomic E-state index is 14.0. The Balaban J connectivity index is 1.68. The number of ether oxygens (including phenoxy) is 2. The number of alkyl halides is 1. The predicted octanol–water partition coefficient (Wildman–Crippen LogP) is 2.75. The van der Waals surface area contributed by atoms with E-state index in [1.807, 2.05) is 5.38 Å². The molecule has 2 aliphatic heterocycles. The van der Waals surface area contributed by atoms with Crippen LogP contribution in [0.1, 0.15) is 17.8 Å². The van der Waals surface area contributed by atoms with Crippen LogP contribution in [0.2, 0.25) is 0 Å². The number of carbonyl (C=O) groups excluding carboxylic acids is 1. The lowest BCUT2D eigenvalue weighted by atomic mass is 9.79. The number of hydrogen-bond donors (Lipinski definition) is 2. The minimum Gasteiger partial charge on any atom is -0.481 e. The van der Waals surface area contributed by atoms with E-state index >= 15 is 0 Å². The molecule has 1 aliphatic carbocycles. The summed E-state index contributed by atoms with van der Waals surface area (Å²) in [6.07, 6.45) is 6.41. The number of aliphatic carboxylic acids is 1. The highest BCUT2D eigenvalue weighted by Gasteiger charge is 2.39. The van der Waals surface area contributed by atoms with E-state index in [0.29, 0.717) is 54.8 Å². The summed E-state index contributed by atoms with van der Waals surface area (Å²) in [6, 6.07) is -0.666. The highest BCUT2D eigenvalue weighted by molar-refractivity contribution is 7.11. The van der Waals surface area contributed by atoms with Gasteiger partial charge in [0.15, 0.2) is 10.8 Å². The quantitative estimate of drug-likeness (QED) is 0.364. The summed E-state index contributed by atoms with van der Waals surface area (Å²) in [5.74, 6) is -1.83. The predicted molar refractivity (Wildman–Crippen MR) is 134 cm³/mol. The van der Waals surface area contributed by atoms with E-state index in [-0.39, 0.29) is 36.1 Å². The molecule has 0 saturated carbocycles. The second-order valence-electron chi connectivity index (χ2n) is 8.74. The molecule has 0 amide bonds. The highest BCUT2D eigenvalue weighted by atomic mass is 35.5. The molecular formula is C24H28ClFN4O5S. The summed E-state index contributed by atoms with van der Waals surface area (Å²) in [5, 5.41) is 14.8. The molecule has 0 aromatic carbocycles. The number of esters is 1. The van der Waals surface area contributed by atoms with Crippen LogP contribution < -0.4 is 5.32 Å². The SMILES string of the molecule is COC(=O)C1=C(CN2CCO[C@H](CCC(=O)O)C2)NC(c2nccs2)=N[C@H]1C1C=CC(F)=CC1CCl. The highest BCUT2D eigenvalue weighted by Crippen LogP contribution is 2.35. The van der Waals surface area contributed by atoms with Crippen molar-refractivity contribution in [2.75, 3.05) is 39.2 Å². The fourth-order valence-corrected chi connectivity index (χ4v) is 5.52. The lowest BCUT2D eigenvalue weighted by Gasteiger charge is -2.37. The number of nitrogens with zero attached hydrogens (tertiary/aromatic N) is 3. The van der Waals surface area contributed by atoms with E-state index in [4.69, 9.17) is 31.2 Å². The van der Waals surface area contributed by atoms with Crippen LogP contribution in [0.4, 0.5) is 4.39 Å². The molecule has 3 heterocycles. The number of nitrogens with one attached hydrogen (secondary N) is 1. The number of aromatic nitrogens is 1. The van der Waals surface area contributed by atoms with Crippen LogP contribution in [0.5, 0.6) is 0 Å². The molecule has 9 nitrogen and oxygen atoms in total. The summed E-state index contributed by atoms with van der Waals surface area (Å²) in [5.41, 5.74) is 0.967. The minimum atomic E-state index is -0.868. The third-order valence-corrected chi connectivity index (χ3v) is 7.51. The fourth-order valence-electron chi connectivity index (χ4n) is 4.64. The molecule has 2 N–H and O–H groups in total. The van der Waals surface area contributed by atoms with Crippen LogP contribution in [0.25, 0.3) is 0 Å². The number of hydrogen-bond acceptors (Lipinski definition) is 9. The van der Waals surface area contributed by atoms with Gasteiger partial charge in [0.2, 0.25) is 0 Å². The van der Waals surface area contributed by atoms with Crippen molar-refractivity contribution in [1.82, 2.24) is 15.2 Å². The normalized spacial score (nSPS) is 26.8. The molecule has 4 rings (SSSR count). The van der Waals surface area contributed by atoms with Gasteiger partial charge >= 0.3 is 11.9 Å². The van der Waals surface area contributed by atoms with Gasteiger partial charge in [0.25, 0.3) is 0 Å². The zero-order valence-electron chi connectivity index (χ0n) is 19.7. The number of rotatable bonds is 9. The molecule has 0 spiro atoms. The van der Waals surface area contributed by atoms with Crippen LogP contribution in [0.15, 0.2) is 51.9 Å². The van der Waals surface area contributed by atoms with Crippen molar-refractivity contribution in [3.63, 3.8) is 0 Å². The standard InChI is InChI=1S/C24H28ClFN4O5S/c1-34-24(33)20-18(13-30-7-8-35-16(12-30)3-5-19(31)32)28-22(23-27-6-9-36-23)29-21(20)17-4-2-15(26)10-14(17)11-25/h2,4,6,9-10,14,16-17,21H,3,5,7-8,11-13H2,1H3,(H,28,29)(H,31,32)/t14?,16-,17?,21+/m1/s1. The molecule has 4 atom stereocenters. The van der Waals surface area contributed by atoms with Crippen LogP contribution >= 0.6 is 22.9 Å². The number of carbonyl (C=O) groups is 2. The topological polar surface area (TPSA) is 113 Å². The van der Waals surface area contributed by atoms with Gasteiger partial charge in [-0.05, 0) is 18.6 Å². The van der Waals surface area contributed by atoms with E-state index in [1.165, 1.54) is 30.6 Å². The number of carboxylic acid groups (broad SMARTS) is 1. The number of morpholine rings is 1. The van der Waals surface area contributed by atoms with E-state index < -0.39 is 18.0 Å². The number of methoxy groups -OCH3 is 1. The molecule has 0 bridgehead atoms. The molecular weight excluding hydrogens is 511 g/mol. The Bertz CT molecular complexity index is 1090. The minimum absolute atomic E-state index is 0.0215. The summed E-state index contributed by atoms with van der Waals surface area (Å²) >= 11 is 7.61. The maximum atomic E-state index is 14.0. The second-order valence-corrected chi connectivity index (χ2v) is 9.94. The molecule has 1 fully saturated rings. The first-order valence-corrected chi connectivity index (χ1v) is 13.0. The van der Waals surface area contributed by atoms with Crippen LogP contribution in [-0.4, -0.2) is 84.1 Å². The first-order valence-electron chi connectivity index (χ1n) is 11.6. The number of halogens is 2. The van der Waals surface area contributed by atoms with Gasteiger partial charge in [0.05, 0.1) is 31.4 Å². The molecule has 2 unspecified atom stereocenters. The van der Waals surface area contributed by atoms with Gasteiger partial charge in [-0.25, -0.2) is 14.2 Å².